The van der Waals surface area contributed by atoms with Crippen LogP contribution in [0.1, 0.15) is 5.56 Å². The van der Waals surface area contributed by atoms with Gasteiger partial charge in [-0.05, 0) is 24.3 Å². The summed E-state index contributed by atoms with van der Waals surface area (Å²) in [7, 11) is 0. The molecule has 1 aromatic carbocycles. The Morgan fingerprint density at radius 3 is 2.69 bits per heavy atom. The lowest BCUT2D eigenvalue weighted by molar-refractivity contribution is -0.142. The zero-order valence-corrected chi connectivity index (χ0v) is 8.64. The van der Waals surface area contributed by atoms with Crippen molar-refractivity contribution in [3.05, 3.63) is 29.8 Å². The SMILES string of the molecule is N#Cc1ccc(NCCOCC(=O)O)cc1. The van der Waals surface area contributed by atoms with Gasteiger partial charge in [0.25, 0.3) is 0 Å². The number of anilines is 1. The smallest absolute Gasteiger partial charge is 0.329 e. The van der Waals surface area contributed by atoms with Crippen LogP contribution >= 0.6 is 0 Å². The number of carbonyl (C=O) groups is 1. The molecule has 0 saturated heterocycles. The second-order valence-electron chi connectivity index (χ2n) is 3.06. The van der Waals surface area contributed by atoms with Gasteiger partial charge in [-0.25, -0.2) is 4.79 Å². The Kier molecular flexibility index (Phi) is 4.83. The molecule has 84 valence electrons. The van der Waals surface area contributed by atoms with E-state index in [0.29, 0.717) is 18.7 Å². The summed E-state index contributed by atoms with van der Waals surface area (Å²) in [5.74, 6) is -0.974. The van der Waals surface area contributed by atoms with E-state index in [-0.39, 0.29) is 6.61 Å². The van der Waals surface area contributed by atoms with Crippen molar-refractivity contribution in [3.8, 4) is 6.07 Å². The number of carboxylic acid groups (broad SMARTS) is 1. The maximum absolute atomic E-state index is 10.1. The quantitative estimate of drug-likeness (QED) is 0.701. The zero-order valence-electron chi connectivity index (χ0n) is 8.64. The van der Waals surface area contributed by atoms with E-state index in [9.17, 15) is 4.79 Å². The predicted molar refractivity (Wildman–Crippen MR) is 58.1 cm³/mol. The number of nitrogens with one attached hydrogen (secondary N) is 1. The molecule has 1 aromatic rings. The number of benzene rings is 1. The summed E-state index contributed by atoms with van der Waals surface area (Å²) >= 11 is 0. The maximum Gasteiger partial charge on any atom is 0.329 e. The molecule has 0 aromatic heterocycles. The summed E-state index contributed by atoms with van der Waals surface area (Å²) in [4.78, 5) is 10.1. The second-order valence-corrected chi connectivity index (χ2v) is 3.06. The van der Waals surface area contributed by atoms with Gasteiger partial charge in [0.15, 0.2) is 0 Å². The summed E-state index contributed by atoms with van der Waals surface area (Å²) in [6.07, 6.45) is 0. The molecule has 16 heavy (non-hydrogen) atoms. The van der Waals surface area contributed by atoms with E-state index in [0.717, 1.165) is 5.69 Å². The molecule has 0 saturated carbocycles. The minimum atomic E-state index is -0.974. The topological polar surface area (TPSA) is 82.3 Å². The van der Waals surface area contributed by atoms with Gasteiger partial charge in [0, 0.05) is 12.2 Å². The van der Waals surface area contributed by atoms with Crippen LogP contribution in [0.4, 0.5) is 5.69 Å². The molecule has 0 heterocycles. The molecule has 2 N–H and O–H groups in total. The van der Waals surface area contributed by atoms with Crippen LogP contribution in [0.5, 0.6) is 0 Å². The molecule has 0 unspecified atom stereocenters. The van der Waals surface area contributed by atoms with Gasteiger partial charge in [-0.1, -0.05) is 0 Å². The minimum absolute atomic E-state index is 0.283. The molecule has 0 bridgehead atoms. The number of nitriles is 1. The maximum atomic E-state index is 10.1. The summed E-state index contributed by atoms with van der Waals surface area (Å²) in [5.41, 5.74) is 1.48. The van der Waals surface area contributed by atoms with Crippen molar-refractivity contribution in [1.29, 1.82) is 5.26 Å². The summed E-state index contributed by atoms with van der Waals surface area (Å²) in [6, 6.07) is 9.02. The first-order valence-corrected chi connectivity index (χ1v) is 4.76. The lowest BCUT2D eigenvalue weighted by atomic mass is 10.2. The molecule has 0 atom stereocenters. The molecule has 5 nitrogen and oxygen atoms in total. The number of ether oxygens (including phenoxy) is 1. The van der Waals surface area contributed by atoms with E-state index in [1.807, 2.05) is 6.07 Å². The van der Waals surface area contributed by atoms with Crippen molar-refractivity contribution in [1.82, 2.24) is 0 Å². The molecular formula is C11H12N2O3. The molecular weight excluding hydrogens is 208 g/mol. The zero-order chi connectivity index (χ0) is 11.8. The largest absolute Gasteiger partial charge is 0.480 e. The van der Waals surface area contributed by atoms with Gasteiger partial charge in [0.05, 0.1) is 18.2 Å². The highest BCUT2D eigenvalue weighted by Crippen LogP contribution is 2.07. The molecule has 0 aliphatic carbocycles. The Morgan fingerprint density at radius 2 is 2.12 bits per heavy atom. The number of hydrogen-bond donors (Lipinski definition) is 2. The standard InChI is InChI=1S/C11H12N2O3/c12-7-9-1-3-10(4-2-9)13-5-6-16-8-11(14)15/h1-4,13H,5-6,8H2,(H,14,15). The number of carboxylic acids is 1. The molecule has 0 radical (unpaired) electrons. The Labute approximate surface area is 93.3 Å². The molecule has 5 heteroatoms. The first-order valence-electron chi connectivity index (χ1n) is 4.76. The first kappa shape index (κ1) is 12.0. The molecule has 1 rings (SSSR count). The van der Waals surface area contributed by atoms with Crippen molar-refractivity contribution in [3.63, 3.8) is 0 Å². The van der Waals surface area contributed by atoms with E-state index in [4.69, 9.17) is 15.1 Å². The molecule has 0 aliphatic rings. The van der Waals surface area contributed by atoms with Crippen molar-refractivity contribution >= 4 is 11.7 Å². The van der Waals surface area contributed by atoms with Crippen LogP contribution in [0, 0.1) is 11.3 Å². The third-order valence-corrected chi connectivity index (χ3v) is 1.82. The third-order valence-electron chi connectivity index (χ3n) is 1.82. The van der Waals surface area contributed by atoms with Crippen molar-refractivity contribution < 1.29 is 14.6 Å². The first-order chi connectivity index (χ1) is 7.72. The highest BCUT2D eigenvalue weighted by atomic mass is 16.5. The Bertz CT molecular complexity index is 381. The van der Waals surface area contributed by atoms with Crippen LogP contribution in [-0.2, 0) is 9.53 Å². The van der Waals surface area contributed by atoms with E-state index in [2.05, 4.69) is 5.32 Å². The fraction of sp³-hybridized carbons (Fsp3) is 0.273. The van der Waals surface area contributed by atoms with Gasteiger partial charge in [0.2, 0.25) is 0 Å². The number of hydrogen-bond acceptors (Lipinski definition) is 4. The van der Waals surface area contributed by atoms with Gasteiger partial charge in [-0.2, -0.15) is 5.26 Å². The Balaban J connectivity index is 2.22. The van der Waals surface area contributed by atoms with E-state index < -0.39 is 5.97 Å². The summed E-state index contributed by atoms with van der Waals surface area (Å²) < 4.78 is 4.85. The summed E-state index contributed by atoms with van der Waals surface area (Å²) in [5, 5.41) is 19.9. The molecule has 0 amide bonds. The summed E-state index contributed by atoms with van der Waals surface area (Å²) in [6.45, 7) is 0.570. The minimum Gasteiger partial charge on any atom is -0.480 e. The lowest BCUT2D eigenvalue weighted by Crippen LogP contribution is -2.13. The van der Waals surface area contributed by atoms with Crippen LogP contribution in [0.2, 0.25) is 0 Å². The van der Waals surface area contributed by atoms with Gasteiger partial charge in [-0.3, -0.25) is 0 Å². The van der Waals surface area contributed by atoms with E-state index in [1.54, 1.807) is 24.3 Å². The fourth-order valence-corrected chi connectivity index (χ4v) is 1.09. The predicted octanol–water partition coefficient (Wildman–Crippen LogP) is 1.07. The Hall–Kier alpha value is -2.06. The van der Waals surface area contributed by atoms with Crippen molar-refractivity contribution in [2.24, 2.45) is 0 Å². The van der Waals surface area contributed by atoms with Gasteiger partial charge in [0.1, 0.15) is 6.61 Å². The normalized spacial score (nSPS) is 9.44. The van der Waals surface area contributed by atoms with Crippen LogP contribution in [-0.4, -0.2) is 30.8 Å². The highest BCUT2D eigenvalue weighted by Gasteiger charge is 1.96. The fourth-order valence-electron chi connectivity index (χ4n) is 1.09. The van der Waals surface area contributed by atoms with Gasteiger partial charge >= 0.3 is 5.97 Å². The van der Waals surface area contributed by atoms with E-state index >= 15 is 0 Å². The molecule has 0 spiro atoms. The van der Waals surface area contributed by atoms with E-state index in [1.165, 1.54) is 0 Å². The Morgan fingerprint density at radius 1 is 1.44 bits per heavy atom. The number of rotatable bonds is 6. The average Bonchev–Trinajstić information content (AvgIpc) is 2.29. The number of nitrogens with zero attached hydrogens (tertiary/aromatic N) is 1. The van der Waals surface area contributed by atoms with Crippen molar-refractivity contribution in [2.75, 3.05) is 25.1 Å². The monoisotopic (exact) mass is 220 g/mol. The van der Waals surface area contributed by atoms with Crippen LogP contribution < -0.4 is 5.32 Å². The van der Waals surface area contributed by atoms with Crippen molar-refractivity contribution in [2.45, 2.75) is 0 Å². The lowest BCUT2D eigenvalue weighted by Gasteiger charge is -2.05. The molecule has 0 fully saturated rings. The second kappa shape index (κ2) is 6.43. The molecule has 0 aliphatic heterocycles. The van der Waals surface area contributed by atoms with Gasteiger partial charge in [-0.15, -0.1) is 0 Å². The third kappa shape index (κ3) is 4.44. The highest BCUT2D eigenvalue weighted by molar-refractivity contribution is 5.67. The van der Waals surface area contributed by atoms with Gasteiger partial charge < -0.3 is 15.2 Å². The average molecular weight is 220 g/mol. The van der Waals surface area contributed by atoms with Crippen LogP contribution in [0.3, 0.4) is 0 Å². The van der Waals surface area contributed by atoms with Crippen LogP contribution in [0.25, 0.3) is 0 Å². The number of aliphatic carboxylic acids is 1. The van der Waals surface area contributed by atoms with Crippen LogP contribution in [0.15, 0.2) is 24.3 Å².